The summed E-state index contributed by atoms with van der Waals surface area (Å²) in [6, 6.07) is 8.27. The number of hydrogen-bond donors (Lipinski definition) is 2. The summed E-state index contributed by atoms with van der Waals surface area (Å²) >= 11 is 5.90. The largest absolute Gasteiger partial charge is 0.396 e. The van der Waals surface area contributed by atoms with Gasteiger partial charge in [-0.05, 0) is 42.9 Å². The zero-order valence-electron chi connectivity index (χ0n) is 11.3. The molecule has 3 nitrogen and oxygen atoms in total. The molecule has 0 saturated carbocycles. The molecule has 1 saturated heterocycles. The minimum atomic E-state index is 0.254. The lowest BCUT2D eigenvalue weighted by Crippen LogP contribution is -2.46. The van der Waals surface area contributed by atoms with Crippen LogP contribution in [0, 0.1) is 5.92 Å². The van der Waals surface area contributed by atoms with Gasteiger partial charge in [0.25, 0.3) is 0 Å². The lowest BCUT2D eigenvalue weighted by atomic mass is 9.90. The molecule has 0 bridgehead atoms. The molecule has 2 unspecified atom stereocenters. The lowest BCUT2D eigenvalue weighted by Gasteiger charge is -2.36. The van der Waals surface area contributed by atoms with Gasteiger partial charge in [-0.1, -0.05) is 23.7 Å². The topological polar surface area (TPSA) is 49.5 Å². The summed E-state index contributed by atoms with van der Waals surface area (Å²) in [6.07, 6.45) is 3.03. The molecule has 2 atom stereocenters. The number of halogens is 1. The fourth-order valence-corrected chi connectivity index (χ4v) is 3.04. The number of benzene rings is 1. The molecular weight excluding hydrogens is 260 g/mol. The first-order chi connectivity index (χ1) is 9.17. The van der Waals surface area contributed by atoms with Crippen LogP contribution in [0.3, 0.4) is 0 Å². The molecule has 1 aromatic carbocycles. The number of nitrogens with two attached hydrogens (primary N) is 1. The maximum absolute atomic E-state index is 8.93. The van der Waals surface area contributed by atoms with Crippen LogP contribution in [0.25, 0.3) is 0 Å². The van der Waals surface area contributed by atoms with Crippen molar-refractivity contribution >= 4 is 11.6 Å². The molecule has 0 amide bonds. The van der Waals surface area contributed by atoms with Gasteiger partial charge in [-0.15, -0.1) is 0 Å². The van der Waals surface area contributed by atoms with E-state index in [1.165, 1.54) is 5.56 Å². The van der Waals surface area contributed by atoms with Crippen LogP contribution in [0.5, 0.6) is 0 Å². The minimum Gasteiger partial charge on any atom is -0.396 e. The fourth-order valence-electron chi connectivity index (χ4n) is 2.91. The summed E-state index contributed by atoms with van der Waals surface area (Å²) < 4.78 is 0. The van der Waals surface area contributed by atoms with Gasteiger partial charge in [0.15, 0.2) is 0 Å². The molecule has 0 aromatic heterocycles. The summed E-state index contributed by atoms with van der Waals surface area (Å²) in [5.74, 6) is 0.614. The van der Waals surface area contributed by atoms with E-state index in [4.69, 9.17) is 22.4 Å². The molecular formula is C15H23ClN2O. The van der Waals surface area contributed by atoms with Crippen molar-refractivity contribution < 1.29 is 5.11 Å². The third kappa shape index (κ3) is 4.77. The summed E-state index contributed by atoms with van der Waals surface area (Å²) in [5.41, 5.74) is 7.42. The molecule has 3 N–H and O–H groups in total. The number of rotatable bonds is 5. The predicted molar refractivity (Wildman–Crippen MR) is 79.1 cm³/mol. The Hall–Kier alpha value is -0.610. The Labute approximate surface area is 120 Å². The van der Waals surface area contributed by atoms with Gasteiger partial charge in [0, 0.05) is 37.3 Å². The SMILES string of the molecule is NC1CC(CCCO)CN(Cc2ccc(Cl)cc2)C1. The van der Waals surface area contributed by atoms with Crippen LogP contribution in [0.1, 0.15) is 24.8 Å². The molecule has 0 radical (unpaired) electrons. The Kier molecular flexibility index (Phi) is 5.64. The molecule has 1 aromatic rings. The number of hydrogen-bond acceptors (Lipinski definition) is 3. The fraction of sp³-hybridized carbons (Fsp3) is 0.600. The quantitative estimate of drug-likeness (QED) is 0.871. The van der Waals surface area contributed by atoms with Crippen molar-refractivity contribution in [3.8, 4) is 0 Å². The number of likely N-dealkylation sites (tertiary alicyclic amines) is 1. The van der Waals surface area contributed by atoms with Gasteiger partial charge in [0.05, 0.1) is 0 Å². The van der Waals surface area contributed by atoms with E-state index in [0.717, 1.165) is 43.9 Å². The third-order valence-corrected chi connectivity index (χ3v) is 3.99. The maximum Gasteiger partial charge on any atom is 0.0431 e. The number of aliphatic hydroxyl groups is 1. The summed E-state index contributed by atoms with van der Waals surface area (Å²) in [6.45, 7) is 3.25. The predicted octanol–water partition coefficient (Wildman–Crippen LogP) is 2.26. The highest BCUT2D eigenvalue weighted by atomic mass is 35.5. The van der Waals surface area contributed by atoms with Crippen molar-refractivity contribution in [2.45, 2.75) is 31.8 Å². The van der Waals surface area contributed by atoms with E-state index in [1.54, 1.807) is 0 Å². The summed E-state index contributed by atoms with van der Waals surface area (Å²) in [4.78, 5) is 2.42. The standard InChI is InChI=1S/C15H23ClN2O/c16-14-5-3-12(4-6-14)9-18-10-13(2-1-7-19)8-15(17)11-18/h3-6,13,15,19H,1-2,7-11,17H2. The molecule has 0 spiro atoms. The van der Waals surface area contributed by atoms with Gasteiger partial charge in [-0.2, -0.15) is 0 Å². The highest BCUT2D eigenvalue weighted by molar-refractivity contribution is 6.30. The number of nitrogens with zero attached hydrogens (tertiary/aromatic N) is 1. The zero-order chi connectivity index (χ0) is 13.7. The third-order valence-electron chi connectivity index (χ3n) is 3.74. The highest BCUT2D eigenvalue weighted by Crippen LogP contribution is 2.22. The van der Waals surface area contributed by atoms with E-state index in [1.807, 2.05) is 12.1 Å². The van der Waals surface area contributed by atoms with Crippen LogP contribution >= 0.6 is 11.6 Å². The Balaban J connectivity index is 1.90. The Bertz CT molecular complexity index is 382. The van der Waals surface area contributed by atoms with Gasteiger partial charge in [-0.3, -0.25) is 4.90 Å². The minimum absolute atomic E-state index is 0.254. The highest BCUT2D eigenvalue weighted by Gasteiger charge is 2.24. The Morgan fingerprint density at radius 1 is 1.26 bits per heavy atom. The van der Waals surface area contributed by atoms with Crippen LogP contribution in [0.2, 0.25) is 5.02 Å². The van der Waals surface area contributed by atoms with Crippen LogP contribution in [0.15, 0.2) is 24.3 Å². The smallest absolute Gasteiger partial charge is 0.0431 e. The molecule has 106 valence electrons. The van der Waals surface area contributed by atoms with E-state index in [0.29, 0.717) is 5.92 Å². The second-order valence-corrected chi connectivity index (χ2v) is 5.98. The van der Waals surface area contributed by atoms with Crippen molar-refractivity contribution in [2.75, 3.05) is 19.7 Å². The van der Waals surface area contributed by atoms with Gasteiger partial charge in [0.2, 0.25) is 0 Å². The molecule has 1 heterocycles. The van der Waals surface area contributed by atoms with Crippen molar-refractivity contribution in [2.24, 2.45) is 11.7 Å². The van der Waals surface area contributed by atoms with Crippen LogP contribution in [-0.4, -0.2) is 35.7 Å². The summed E-state index contributed by atoms with van der Waals surface area (Å²) in [7, 11) is 0. The molecule has 2 rings (SSSR count). The molecule has 19 heavy (non-hydrogen) atoms. The van der Waals surface area contributed by atoms with Crippen LogP contribution in [0.4, 0.5) is 0 Å². The van der Waals surface area contributed by atoms with Crippen molar-refractivity contribution in [3.63, 3.8) is 0 Å². The normalized spacial score (nSPS) is 24.6. The first kappa shape index (κ1) is 14.8. The van der Waals surface area contributed by atoms with E-state index in [-0.39, 0.29) is 12.6 Å². The van der Waals surface area contributed by atoms with E-state index < -0.39 is 0 Å². The molecule has 1 fully saturated rings. The van der Waals surface area contributed by atoms with Crippen LogP contribution in [-0.2, 0) is 6.54 Å². The second kappa shape index (κ2) is 7.25. The van der Waals surface area contributed by atoms with Crippen molar-refractivity contribution in [1.82, 2.24) is 4.90 Å². The number of piperidine rings is 1. The maximum atomic E-state index is 8.93. The zero-order valence-corrected chi connectivity index (χ0v) is 12.0. The molecule has 4 heteroatoms. The molecule has 1 aliphatic rings. The van der Waals surface area contributed by atoms with Crippen molar-refractivity contribution in [1.29, 1.82) is 0 Å². The molecule has 1 aliphatic heterocycles. The second-order valence-electron chi connectivity index (χ2n) is 5.55. The number of aliphatic hydroxyl groups excluding tert-OH is 1. The molecule has 0 aliphatic carbocycles. The van der Waals surface area contributed by atoms with E-state index in [9.17, 15) is 0 Å². The average molecular weight is 283 g/mol. The monoisotopic (exact) mass is 282 g/mol. The van der Waals surface area contributed by atoms with Gasteiger partial charge in [-0.25, -0.2) is 0 Å². The lowest BCUT2D eigenvalue weighted by molar-refractivity contribution is 0.137. The Morgan fingerprint density at radius 2 is 2.00 bits per heavy atom. The first-order valence-electron chi connectivity index (χ1n) is 7.00. The van der Waals surface area contributed by atoms with E-state index >= 15 is 0 Å². The Morgan fingerprint density at radius 3 is 2.68 bits per heavy atom. The van der Waals surface area contributed by atoms with Gasteiger partial charge in [0.1, 0.15) is 0 Å². The van der Waals surface area contributed by atoms with Crippen molar-refractivity contribution in [3.05, 3.63) is 34.9 Å². The van der Waals surface area contributed by atoms with Crippen LogP contribution < -0.4 is 5.73 Å². The average Bonchev–Trinajstić information content (AvgIpc) is 2.38. The van der Waals surface area contributed by atoms with Gasteiger partial charge >= 0.3 is 0 Å². The van der Waals surface area contributed by atoms with E-state index in [2.05, 4.69) is 17.0 Å². The summed E-state index contributed by atoms with van der Waals surface area (Å²) in [5, 5.41) is 9.71. The van der Waals surface area contributed by atoms with Gasteiger partial charge < -0.3 is 10.8 Å². The first-order valence-corrected chi connectivity index (χ1v) is 7.38.